The van der Waals surface area contributed by atoms with E-state index in [1.54, 1.807) is 0 Å². The average molecular weight is 560 g/mol. The summed E-state index contributed by atoms with van der Waals surface area (Å²) in [5.41, 5.74) is 4.07. The van der Waals surface area contributed by atoms with E-state index in [2.05, 4.69) is 62.4 Å². The molecule has 0 heterocycles. The van der Waals surface area contributed by atoms with Crippen molar-refractivity contribution in [2.45, 2.75) is 123 Å². The Bertz CT molecular complexity index is 887. The Hall–Kier alpha value is -1.99. The number of nitrogens with zero attached hydrogens (tertiary/aromatic N) is 2. The Morgan fingerprint density at radius 3 is 1.50 bits per heavy atom. The van der Waals surface area contributed by atoms with Crippen LogP contribution in [-0.4, -0.2) is 11.4 Å². The number of rotatable bonds is 21. The number of allylic oxidation sites excluding steroid dienone is 2. The number of hydrogen-bond donors (Lipinski definition) is 0. The largest absolute Gasteiger partial charge is 0.251 e. The van der Waals surface area contributed by atoms with Crippen LogP contribution in [0.5, 0.6) is 0 Å². The van der Waals surface area contributed by atoms with Crippen LogP contribution in [0.4, 0.5) is 11.4 Å². The molecule has 0 atom stereocenters. The number of para-hydroxylation sites is 2. The minimum absolute atomic E-state index is 0. The van der Waals surface area contributed by atoms with E-state index in [9.17, 15) is 0 Å². The first-order valence-electron chi connectivity index (χ1n) is 15.3. The molecule has 0 amide bonds. The molecule has 2 aromatic rings. The summed E-state index contributed by atoms with van der Waals surface area (Å²) in [7, 11) is 0. The molecule has 0 bridgehead atoms. The molecule has 212 valence electrons. The molecule has 2 nitrogen and oxygen atoms in total. The molecule has 0 saturated carbocycles. The Labute approximate surface area is 244 Å². The molecule has 0 aliphatic carbocycles. The maximum atomic E-state index is 5.02. The maximum Gasteiger partial charge on any atom is 0.0848 e. The molecule has 38 heavy (non-hydrogen) atoms. The molecule has 0 spiro atoms. The molecule has 0 aliphatic heterocycles. The molecule has 0 aliphatic rings. The van der Waals surface area contributed by atoms with Gasteiger partial charge in [-0.1, -0.05) is 140 Å². The smallest absolute Gasteiger partial charge is 0.0848 e. The minimum atomic E-state index is 0. The first-order valence-corrected chi connectivity index (χ1v) is 15.3. The van der Waals surface area contributed by atoms with Gasteiger partial charge in [0.15, 0.2) is 0 Å². The summed E-state index contributed by atoms with van der Waals surface area (Å²) in [6.45, 7) is 4.53. The van der Waals surface area contributed by atoms with Gasteiger partial charge in [0, 0.05) is 16.5 Å². The van der Waals surface area contributed by atoms with E-state index >= 15 is 0 Å². The summed E-state index contributed by atoms with van der Waals surface area (Å²) < 4.78 is 0. The topological polar surface area (TPSA) is 24.7 Å². The second-order valence-electron chi connectivity index (χ2n) is 10.3. The normalized spacial score (nSPS) is 12.2. The van der Waals surface area contributed by atoms with Gasteiger partial charge < -0.3 is 0 Å². The van der Waals surface area contributed by atoms with Gasteiger partial charge in [-0.3, -0.25) is 4.99 Å². The Kier molecular flexibility index (Phi) is 21.6. The quantitative estimate of drug-likeness (QED) is 0.0826. The predicted molar refractivity (Wildman–Crippen MR) is 166 cm³/mol. The van der Waals surface area contributed by atoms with Gasteiger partial charge in [0.05, 0.1) is 22.8 Å². The summed E-state index contributed by atoms with van der Waals surface area (Å²) in [5, 5.41) is 0. The van der Waals surface area contributed by atoms with Gasteiger partial charge >= 0.3 is 0 Å². The van der Waals surface area contributed by atoms with Crippen LogP contribution in [0.25, 0.3) is 0 Å². The van der Waals surface area contributed by atoms with Crippen LogP contribution in [-0.2, 0) is 16.5 Å². The van der Waals surface area contributed by atoms with Crippen molar-refractivity contribution in [3.8, 4) is 0 Å². The molecule has 0 radical (unpaired) electrons. The van der Waals surface area contributed by atoms with Gasteiger partial charge in [-0.2, -0.15) is 0 Å². The second kappa shape index (κ2) is 24.1. The van der Waals surface area contributed by atoms with E-state index in [1.165, 1.54) is 83.5 Å². The van der Waals surface area contributed by atoms with Crippen LogP contribution in [0.15, 0.2) is 82.8 Å². The standard InChI is InChI=1S/C35H52N2.Ni/c1-3-5-7-8-9-10-11-12-13-14-15-16-17-18-25-31-35(37-33-28-23-20-24-29-33)34(30-6-4-2)36-32-26-21-19-22-27-32;/h19-29,31H,3-18,30H2,1-2H3;. The van der Waals surface area contributed by atoms with Crippen LogP contribution >= 0.6 is 0 Å². The number of hydrogen-bond acceptors (Lipinski definition) is 2. The van der Waals surface area contributed by atoms with Crippen LogP contribution in [0.3, 0.4) is 0 Å². The maximum absolute atomic E-state index is 5.02. The van der Waals surface area contributed by atoms with Crippen molar-refractivity contribution < 1.29 is 16.5 Å². The third kappa shape index (κ3) is 16.8. The fourth-order valence-electron chi connectivity index (χ4n) is 4.56. The molecule has 0 N–H and O–H groups in total. The first kappa shape index (κ1) is 34.0. The van der Waals surface area contributed by atoms with E-state index in [0.29, 0.717) is 0 Å². The molecular weight excluding hydrogens is 507 g/mol. The van der Waals surface area contributed by atoms with Crippen LogP contribution in [0, 0.1) is 0 Å². The third-order valence-electron chi connectivity index (χ3n) is 6.84. The summed E-state index contributed by atoms with van der Waals surface area (Å²) in [6, 6.07) is 20.6. The van der Waals surface area contributed by atoms with E-state index in [1.807, 2.05) is 24.3 Å². The SMILES string of the molecule is CCCCCCCCCCCCCCCC=CC(=Nc1ccccc1)C(CCCC)=Nc1ccccc1.[Ni]. The fourth-order valence-corrected chi connectivity index (χ4v) is 4.56. The summed E-state index contributed by atoms with van der Waals surface area (Å²) in [4.78, 5) is 10.0. The van der Waals surface area contributed by atoms with Crippen molar-refractivity contribution in [2.75, 3.05) is 0 Å². The zero-order chi connectivity index (χ0) is 26.2. The van der Waals surface area contributed by atoms with Gasteiger partial charge in [0.25, 0.3) is 0 Å². The monoisotopic (exact) mass is 558 g/mol. The van der Waals surface area contributed by atoms with E-state index in [0.717, 1.165) is 48.5 Å². The van der Waals surface area contributed by atoms with Gasteiger partial charge in [0.2, 0.25) is 0 Å². The number of aliphatic imine (C=N–C) groups is 2. The van der Waals surface area contributed by atoms with Crippen molar-refractivity contribution in [1.82, 2.24) is 0 Å². The molecule has 0 unspecified atom stereocenters. The molecule has 2 aromatic carbocycles. The molecule has 3 heteroatoms. The fraction of sp³-hybridized carbons (Fsp3) is 0.543. The first-order chi connectivity index (χ1) is 18.3. The Balaban J connectivity index is 0.00000722. The molecule has 0 saturated heterocycles. The Morgan fingerprint density at radius 2 is 1.00 bits per heavy atom. The third-order valence-corrected chi connectivity index (χ3v) is 6.84. The zero-order valence-electron chi connectivity index (χ0n) is 24.2. The van der Waals surface area contributed by atoms with E-state index < -0.39 is 0 Å². The van der Waals surface area contributed by atoms with Crippen molar-refractivity contribution in [2.24, 2.45) is 9.98 Å². The Morgan fingerprint density at radius 1 is 0.553 bits per heavy atom. The van der Waals surface area contributed by atoms with Crippen LogP contribution < -0.4 is 0 Å². The number of benzene rings is 2. The van der Waals surface area contributed by atoms with Crippen molar-refractivity contribution in [3.05, 3.63) is 72.8 Å². The summed E-state index contributed by atoms with van der Waals surface area (Å²) >= 11 is 0. The van der Waals surface area contributed by atoms with Gasteiger partial charge in [-0.15, -0.1) is 0 Å². The average Bonchev–Trinajstić information content (AvgIpc) is 2.93. The second-order valence-corrected chi connectivity index (χ2v) is 10.3. The minimum Gasteiger partial charge on any atom is -0.251 e. The van der Waals surface area contributed by atoms with Crippen molar-refractivity contribution in [3.63, 3.8) is 0 Å². The molecular formula is C35H52N2Ni. The number of unbranched alkanes of at least 4 members (excludes halogenated alkanes) is 14. The van der Waals surface area contributed by atoms with Crippen molar-refractivity contribution >= 4 is 22.8 Å². The predicted octanol–water partition coefficient (Wildman–Crippen LogP) is 11.8. The van der Waals surface area contributed by atoms with Gasteiger partial charge in [-0.05, 0) is 56.0 Å². The van der Waals surface area contributed by atoms with Crippen molar-refractivity contribution in [1.29, 1.82) is 0 Å². The van der Waals surface area contributed by atoms with E-state index in [-0.39, 0.29) is 16.5 Å². The molecule has 0 aromatic heterocycles. The summed E-state index contributed by atoms with van der Waals surface area (Å²) in [6.07, 6.45) is 27.0. The van der Waals surface area contributed by atoms with Crippen LogP contribution in [0.2, 0.25) is 0 Å². The van der Waals surface area contributed by atoms with Gasteiger partial charge in [0.1, 0.15) is 0 Å². The van der Waals surface area contributed by atoms with E-state index in [4.69, 9.17) is 9.98 Å². The molecule has 2 rings (SSSR count). The zero-order valence-corrected chi connectivity index (χ0v) is 25.1. The summed E-state index contributed by atoms with van der Waals surface area (Å²) in [5.74, 6) is 0. The van der Waals surface area contributed by atoms with Crippen LogP contribution in [0.1, 0.15) is 123 Å². The molecule has 0 fully saturated rings. The van der Waals surface area contributed by atoms with Gasteiger partial charge in [-0.25, -0.2) is 4.99 Å².